The van der Waals surface area contributed by atoms with Crippen LogP contribution in [0, 0.1) is 0 Å². The molecule has 3 nitrogen and oxygen atoms in total. The first kappa shape index (κ1) is 19.1. The molecule has 0 bridgehead atoms. The zero-order chi connectivity index (χ0) is 18.7. The molecular formula is C21H24ClNO2S. The van der Waals surface area contributed by atoms with E-state index in [0.29, 0.717) is 23.9 Å². The van der Waals surface area contributed by atoms with Gasteiger partial charge in [0.1, 0.15) is 17.7 Å². The number of benzene rings is 2. The van der Waals surface area contributed by atoms with Gasteiger partial charge in [-0.25, -0.2) is 0 Å². The standard InChI is InChI=1S/C21H24ClNO2S/c1-21(2,3)16-6-10-18(11-7-16)25-13-12-23-19(24)14-26-20(23)15-4-8-17(22)9-5-15/h4-11,20H,12-14H2,1-3H3/t20-/m0/s1. The zero-order valence-electron chi connectivity index (χ0n) is 15.4. The van der Waals surface area contributed by atoms with Crippen LogP contribution in [0.25, 0.3) is 0 Å². The normalized spacial score (nSPS) is 17.6. The predicted molar refractivity (Wildman–Crippen MR) is 109 cm³/mol. The van der Waals surface area contributed by atoms with Gasteiger partial charge >= 0.3 is 0 Å². The van der Waals surface area contributed by atoms with Crippen molar-refractivity contribution < 1.29 is 9.53 Å². The van der Waals surface area contributed by atoms with E-state index in [1.807, 2.05) is 41.3 Å². The third-order valence-corrected chi connectivity index (χ3v) is 5.95. The molecule has 1 atom stereocenters. The minimum atomic E-state index is 0.0339. The molecule has 0 radical (unpaired) electrons. The van der Waals surface area contributed by atoms with Crippen LogP contribution in [0.2, 0.25) is 5.02 Å². The molecule has 0 N–H and O–H groups in total. The molecule has 1 saturated heterocycles. The molecule has 1 aliphatic rings. The minimum Gasteiger partial charge on any atom is -0.492 e. The fourth-order valence-corrected chi connectivity index (χ4v) is 4.26. The van der Waals surface area contributed by atoms with Crippen molar-refractivity contribution in [2.75, 3.05) is 18.9 Å². The maximum absolute atomic E-state index is 12.2. The average Bonchev–Trinajstić information content (AvgIpc) is 2.96. The highest BCUT2D eigenvalue weighted by atomic mass is 35.5. The number of ether oxygens (including phenoxy) is 1. The Labute approximate surface area is 164 Å². The van der Waals surface area contributed by atoms with E-state index in [4.69, 9.17) is 16.3 Å². The van der Waals surface area contributed by atoms with Gasteiger partial charge in [-0.15, -0.1) is 11.8 Å². The number of thioether (sulfide) groups is 1. The van der Waals surface area contributed by atoms with Crippen molar-refractivity contribution in [3.05, 3.63) is 64.7 Å². The number of carbonyl (C=O) groups is 1. The molecular weight excluding hydrogens is 366 g/mol. The fraction of sp³-hybridized carbons (Fsp3) is 0.381. The third kappa shape index (κ3) is 4.54. The lowest BCUT2D eigenvalue weighted by Gasteiger charge is -2.24. The van der Waals surface area contributed by atoms with Crippen molar-refractivity contribution in [3.63, 3.8) is 0 Å². The summed E-state index contributed by atoms with van der Waals surface area (Å²) < 4.78 is 5.86. The number of amides is 1. The summed E-state index contributed by atoms with van der Waals surface area (Å²) in [5, 5.41) is 0.739. The van der Waals surface area contributed by atoms with Crippen molar-refractivity contribution in [2.45, 2.75) is 31.6 Å². The summed E-state index contributed by atoms with van der Waals surface area (Å²) in [5.74, 6) is 1.50. The van der Waals surface area contributed by atoms with Gasteiger partial charge in [0.25, 0.3) is 0 Å². The van der Waals surface area contributed by atoms with Crippen LogP contribution in [0.5, 0.6) is 5.75 Å². The monoisotopic (exact) mass is 389 g/mol. The molecule has 5 heteroatoms. The topological polar surface area (TPSA) is 29.5 Å². The summed E-state index contributed by atoms with van der Waals surface area (Å²) in [6.45, 7) is 7.62. The van der Waals surface area contributed by atoms with E-state index in [1.165, 1.54) is 5.56 Å². The Morgan fingerprint density at radius 2 is 1.77 bits per heavy atom. The van der Waals surface area contributed by atoms with Gasteiger partial charge in [0.2, 0.25) is 5.91 Å². The van der Waals surface area contributed by atoms with Gasteiger partial charge in [0, 0.05) is 5.02 Å². The van der Waals surface area contributed by atoms with E-state index in [2.05, 4.69) is 32.9 Å². The average molecular weight is 390 g/mol. The molecule has 0 saturated carbocycles. The number of nitrogens with zero attached hydrogens (tertiary/aromatic N) is 1. The minimum absolute atomic E-state index is 0.0339. The molecule has 1 amide bonds. The van der Waals surface area contributed by atoms with Crippen LogP contribution >= 0.6 is 23.4 Å². The highest BCUT2D eigenvalue weighted by Crippen LogP contribution is 2.38. The molecule has 1 fully saturated rings. The highest BCUT2D eigenvalue weighted by molar-refractivity contribution is 8.00. The molecule has 0 aliphatic carbocycles. The summed E-state index contributed by atoms with van der Waals surface area (Å²) in [5.41, 5.74) is 2.50. The Morgan fingerprint density at radius 1 is 1.12 bits per heavy atom. The molecule has 0 spiro atoms. The first-order valence-corrected chi connectivity index (χ1v) is 10.2. The van der Waals surface area contributed by atoms with Crippen LogP contribution in [0.15, 0.2) is 48.5 Å². The maximum atomic E-state index is 12.2. The lowest BCUT2D eigenvalue weighted by molar-refractivity contribution is -0.128. The maximum Gasteiger partial charge on any atom is 0.233 e. The van der Waals surface area contributed by atoms with E-state index >= 15 is 0 Å². The number of rotatable bonds is 5. The van der Waals surface area contributed by atoms with E-state index in [1.54, 1.807) is 11.8 Å². The molecule has 3 rings (SSSR count). The molecule has 0 unspecified atom stereocenters. The quantitative estimate of drug-likeness (QED) is 0.695. The number of hydrogen-bond acceptors (Lipinski definition) is 3. The van der Waals surface area contributed by atoms with Crippen molar-refractivity contribution in [1.29, 1.82) is 0 Å². The van der Waals surface area contributed by atoms with Crippen LogP contribution in [0.4, 0.5) is 0 Å². The van der Waals surface area contributed by atoms with Gasteiger partial charge in [-0.1, -0.05) is 56.6 Å². The molecule has 0 aromatic heterocycles. The van der Waals surface area contributed by atoms with Crippen molar-refractivity contribution >= 4 is 29.3 Å². The smallest absolute Gasteiger partial charge is 0.233 e. The highest BCUT2D eigenvalue weighted by Gasteiger charge is 2.32. The molecule has 26 heavy (non-hydrogen) atoms. The SMILES string of the molecule is CC(C)(C)c1ccc(OCCN2C(=O)CS[C@H]2c2ccc(Cl)cc2)cc1. The van der Waals surface area contributed by atoms with Gasteiger partial charge in [0.05, 0.1) is 12.3 Å². The molecule has 138 valence electrons. The fourth-order valence-electron chi connectivity index (χ4n) is 2.91. The van der Waals surface area contributed by atoms with Crippen LogP contribution in [0.1, 0.15) is 37.3 Å². The Bertz CT molecular complexity index is 753. The Kier molecular flexibility index (Phi) is 5.83. The molecule has 2 aromatic rings. The van der Waals surface area contributed by atoms with E-state index in [0.717, 1.165) is 11.3 Å². The number of hydrogen-bond donors (Lipinski definition) is 0. The Morgan fingerprint density at radius 3 is 2.38 bits per heavy atom. The van der Waals surface area contributed by atoms with Gasteiger partial charge in [-0.2, -0.15) is 0 Å². The second-order valence-electron chi connectivity index (χ2n) is 7.42. The summed E-state index contributed by atoms with van der Waals surface area (Å²) >= 11 is 7.61. The lowest BCUT2D eigenvalue weighted by Crippen LogP contribution is -2.32. The summed E-state index contributed by atoms with van der Waals surface area (Å²) in [4.78, 5) is 14.1. The van der Waals surface area contributed by atoms with Gasteiger partial charge < -0.3 is 9.64 Å². The predicted octanol–water partition coefficient (Wildman–Crippen LogP) is 5.29. The molecule has 1 aliphatic heterocycles. The Hall–Kier alpha value is -1.65. The van der Waals surface area contributed by atoms with Gasteiger partial charge in [0.15, 0.2) is 0 Å². The molecule has 2 aromatic carbocycles. The summed E-state index contributed by atoms with van der Waals surface area (Å²) in [6.07, 6.45) is 0. The number of halogens is 1. The van der Waals surface area contributed by atoms with Crippen molar-refractivity contribution in [2.24, 2.45) is 0 Å². The van der Waals surface area contributed by atoms with E-state index in [-0.39, 0.29) is 16.7 Å². The van der Waals surface area contributed by atoms with Crippen LogP contribution in [-0.4, -0.2) is 29.7 Å². The van der Waals surface area contributed by atoms with Crippen molar-refractivity contribution in [1.82, 2.24) is 4.90 Å². The summed E-state index contributed by atoms with van der Waals surface area (Å²) in [7, 11) is 0. The van der Waals surface area contributed by atoms with E-state index in [9.17, 15) is 4.79 Å². The first-order valence-electron chi connectivity index (χ1n) is 8.74. The number of carbonyl (C=O) groups excluding carboxylic acids is 1. The van der Waals surface area contributed by atoms with Crippen LogP contribution in [-0.2, 0) is 10.2 Å². The third-order valence-electron chi connectivity index (χ3n) is 4.44. The largest absolute Gasteiger partial charge is 0.492 e. The van der Waals surface area contributed by atoms with Crippen molar-refractivity contribution in [3.8, 4) is 5.75 Å². The molecule has 1 heterocycles. The lowest BCUT2D eigenvalue weighted by atomic mass is 9.87. The second kappa shape index (κ2) is 7.93. The van der Waals surface area contributed by atoms with Gasteiger partial charge in [-0.05, 0) is 40.8 Å². The van der Waals surface area contributed by atoms with Gasteiger partial charge in [-0.3, -0.25) is 4.79 Å². The van der Waals surface area contributed by atoms with E-state index < -0.39 is 0 Å². The van der Waals surface area contributed by atoms with Crippen LogP contribution < -0.4 is 4.74 Å². The first-order chi connectivity index (χ1) is 12.3. The second-order valence-corrected chi connectivity index (χ2v) is 8.93. The zero-order valence-corrected chi connectivity index (χ0v) is 16.9. The summed E-state index contributed by atoms with van der Waals surface area (Å²) in [6, 6.07) is 15.9. The van der Waals surface area contributed by atoms with Crippen LogP contribution in [0.3, 0.4) is 0 Å². The Balaban J connectivity index is 1.59.